The molecule has 158 valence electrons. The zero-order chi connectivity index (χ0) is 20.9. The van der Waals surface area contributed by atoms with Crippen LogP contribution >= 0.6 is 15.9 Å². The number of nitriles is 1. The van der Waals surface area contributed by atoms with E-state index in [0.717, 1.165) is 36.7 Å². The van der Waals surface area contributed by atoms with E-state index in [0.29, 0.717) is 6.04 Å². The Morgan fingerprint density at radius 3 is 2.50 bits per heavy atom. The largest absolute Gasteiger partial charge is 0.497 e. The Morgan fingerprint density at radius 2 is 1.80 bits per heavy atom. The molecule has 2 aliphatic heterocycles. The maximum atomic E-state index is 9.14. The van der Waals surface area contributed by atoms with Crippen LogP contribution in [0.2, 0.25) is 0 Å². The highest BCUT2D eigenvalue weighted by Gasteiger charge is 2.28. The third kappa shape index (κ3) is 4.99. The maximum absolute atomic E-state index is 9.14. The van der Waals surface area contributed by atoms with Gasteiger partial charge in [-0.05, 0) is 93.1 Å². The summed E-state index contributed by atoms with van der Waals surface area (Å²) >= 11 is 3.71. The molecule has 2 heterocycles. The molecule has 0 unspecified atom stereocenters. The van der Waals surface area contributed by atoms with Crippen LogP contribution in [0.15, 0.2) is 46.9 Å². The van der Waals surface area contributed by atoms with Crippen molar-refractivity contribution < 1.29 is 4.74 Å². The Hall–Kier alpha value is -2.03. The van der Waals surface area contributed by atoms with Gasteiger partial charge in [0.15, 0.2) is 0 Å². The molecule has 2 aromatic carbocycles. The number of benzene rings is 2. The molecular formula is C25H30BrN3O. The van der Waals surface area contributed by atoms with Gasteiger partial charge in [0.1, 0.15) is 5.75 Å². The first-order valence-corrected chi connectivity index (χ1v) is 11.8. The number of hydrogen-bond donors (Lipinski definition) is 0. The summed E-state index contributed by atoms with van der Waals surface area (Å²) in [7, 11) is 1.73. The summed E-state index contributed by atoms with van der Waals surface area (Å²) < 4.78 is 6.59. The van der Waals surface area contributed by atoms with E-state index in [-0.39, 0.29) is 0 Å². The third-order valence-corrected chi connectivity index (χ3v) is 7.51. The number of rotatable bonds is 5. The van der Waals surface area contributed by atoms with Crippen LogP contribution < -0.4 is 9.64 Å². The minimum absolute atomic E-state index is 0.699. The van der Waals surface area contributed by atoms with Crippen LogP contribution in [0.4, 0.5) is 5.69 Å². The fourth-order valence-electron chi connectivity index (χ4n) is 4.93. The Kier molecular flexibility index (Phi) is 6.97. The first-order valence-electron chi connectivity index (χ1n) is 11.0. The summed E-state index contributed by atoms with van der Waals surface area (Å²) in [5.41, 5.74) is 3.30. The summed E-state index contributed by atoms with van der Waals surface area (Å²) in [6.45, 7) is 4.58. The van der Waals surface area contributed by atoms with Crippen molar-refractivity contribution in [1.82, 2.24) is 4.90 Å². The van der Waals surface area contributed by atoms with Crippen LogP contribution in [-0.4, -0.2) is 44.2 Å². The third-order valence-electron chi connectivity index (χ3n) is 6.73. The van der Waals surface area contributed by atoms with E-state index in [1.165, 1.54) is 54.5 Å². The van der Waals surface area contributed by atoms with Crippen LogP contribution in [0.3, 0.4) is 0 Å². The van der Waals surface area contributed by atoms with E-state index in [1.54, 1.807) is 7.11 Å². The van der Waals surface area contributed by atoms with E-state index >= 15 is 0 Å². The number of nitrogens with zero attached hydrogens (tertiary/aromatic N) is 3. The molecule has 0 saturated carbocycles. The van der Waals surface area contributed by atoms with E-state index in [1.807, 2.05) is 24.3 Å². The highest BCUT2D eigenvalue weighted by Crippen LogP contribution is 2.31. The summed E-state index contributed by atoms with van der Waals surface area (Å²) in [6.07, 6.45) is 6.09. The van der Waals surface area contributed by atoms with Crippen LogP contribution in [0.1, 0.15) is 36.8 Å². The van der Waals surface area contributed by atoms with Gasteiger partial charge in [-0.15, -0.1) is 0 Å². The van der Waals surface area contributed by atoms with Crippen molar-refractivity contribution >= 4 is 21.6 Å². The lowest BCUT2D eigenvalue weighted by Crippen LogP contribution is -2.48. The van der Waals surface area contributed by atoms with Gasteiger partial charge < -0.3 is 14.5 Å². The molecule has 0 atom stereocenters. The van der Waals surface area contributed by atoms with Crippen LogP contribution in [-0.2, 0) is 6.42 Å². The van der Waals surface area contributed by atoms with Gasteiger partial charge in [0.25, 0.3) is 0 Å². The lowest BCUT2D eigenvalue weighted by molar-refractivity contribution is 0.115. The van der Waals surface area contributed by atoms with Crippen molar-refractivity contribution in [2.24, 2.45) is 5.92 Å². The molecule has 30 heavy (non-hydrogen) atoms. The average Bonchev–Trinajstić information content (AvgIpc) is 2.81. The molecule has 0 spiro atoms. The number of halogens is 1. The molecule has 2 saturated heterocycles. The molecule has 4 nitrogen and oxygen atoms in total. The second kappa shape index (κ2) is 9.85. The van der Waals surface area contributed by atoms with Crippen molar-refractivity contribution in [2.45, 2.75) is 38.1 Å². The molecule has 2 fully saturated rings. The minimum Gasteiger partial charge on any atom is -0.497 e. The van der Waals surface area contributed by atoms with Crippen LogP contribution in [0.5, 0.6) is 5.75 Å². The fourth-order valence-corrected chi connectivity index (χ4v) is 5.34. The molecular weight excluding hydrogens is 438 g/mol. The first-order chi connectivity index (χ1) is 14.7. The molecule has 0 aliphatic carbocycles. The van der Waals surface area contributed by atoms with Crippen molar-refractivity contribution in [2.75, 3.05) is 38.2 Å². The summed E-state index contributed by atoms with van der Waals surface area (Å²) in [6, 6.07) is 17.3. The highest BCUT2D eigenvalue weighted by atomic mass is 79.9. The molecule has 0 N–H and O–H groups in total. The molecule has 0 bridgehead atoms. The van der Waals surface area contributed by atoms with Gasteiger partial charge >= 0.3 is 0 Å². The van der Waals surface area contributed by atoms with Gasteiger partial charge in [0.2, 0.25) is 0 Å². The topological polar surface area (TPSA) is 39.5 Å². The highest BCUT2D eigenvalue weighted by molar-refractivity contribution is 9.10. The maximum Gasteiger partial charge on any atom is 0.119 e. The Morgan fingerprint density at radius 1 is 1.03 bits per heavy atom. The number of ether oxygens (including phenoxy) is 1. The molecule has 5 heteroatoms. The Bertz CT molecular complexity index is 894. The number of anilines is 1. The molecule has 4 rings (SSSR count). The van der Waals surface area contributed by atoms with Crippen molar-refractivity contribution in [3.05, 3.63) is 58.1 Å². The molecule has 0 amide bonds. The second-order valence-corrected chi connectivity index (χ2v) is 9.38. The van der Waals surface area contributed by atoms with E-state index in [2.05, 4.69) is 50.0 Å². The van der Waals surface area contributed by atoms with Crippen molar-refractivity contribution in [3.8, 4) is 11.8 Å². The normalized spacial score (nSPS) is 18.9. The number of methoxy groups -OCH3 is 1. The van der Waals surface area contributed by atoms with Gasteiger partial charge in [-0.25, -0.2) is 0 Å². The number of hydrogen-bond acceptors (Lipinski definition) is 4. The summed E-state index contributed by atoms with van der Waals surface area (Å²) in [5.74, 6) is 1.69. The van der Waals surface area contributed by atoms with Gasteiger partial charge in [0, 0.05) is 29.3 Å². The van der Waals surface area contributed by atoms with E-state index in [9.17, 15) is 0 Å². The Balaban J connectivity index is 1.27. The second-order valence-electron chi connectivity index (χ2n) is 8.52. The predicted octanol–water partition coefficient (Wildman–Crippen LogP) is 5.25. The molecule has 0 aromatic heterocycles. The summed E-state index contributed by atoms with van der Waals surface area (Å²) in [5, 5.41) is 9.14. The summed E-state index contributed by atoms with van der Waals surface area (Å²) in [4.78, 5) is 5.16. The van der Waals surface area contributed by atoms with E-state index in [4.69, 9.17) is 10.00 Å². The van der Waals surface area contributed by atoms with Crippen LogP contribution in [0.25, 0.3) is 0 Å². The standard InChI is InChI=1S/C25H30BrN3O/c1-30-24-5-6-25(26)21(17-24)15-19-7-11-28(12-8-19)22-9-13-29(14-10-22)23-4-2-3-20(16-23)18-27/h2-6,16-17,19,22H,7-15H2,1H3. The van der Waals surface area contributed by atoms with Crippen molar-refractivity contribution in [3.63, 3.8) is 0 Å². The smallest absolute Gasteiger partial charge is 0.119 e. The van der Waals surface area contributed by atoms with Crippen molar-refractivity contribution in [1.29, 1.82) is 5.26 Å². The lowest BCUT2D eigenvalue weighted by atomic mass is 9.88. The predicted molar refractivity (Wildman–Crippen MR) is 125 cm³/mol. The SMILES string of the molecule is COc1ccc(Br)c(CC2CCN(C3CCN(c4cccc(C#N)c4)CC3)CC2)c1. The van der Waals surface area contributed by atoms with Gasteiger partial charge in [-0.1, -0.05) is 22.0 Å². The molecule has 2 aromatic rings. The number of piperidine rings is 2. The molecule has 0 radical (unpaired) electrons. The van der Waals surface area contributed by atoms with E-state index < -0.39 is 0 Å². The first kappa shape index (κ1) is 21.2. The van der Waals surface area contributed by atoms with Gasteiger partial charge in [0.05, 0.1) is 18.7 Å². The Labute approximate surface area is 188 Å². The van der Waals surface area contributed by atoms with Crippen LogP contribution in [0, 0.1) is 17.2 Å². The van der Waals surface area contributed by atoms with Gasteiger partial charge in [-0.2, -0.15) is 5.26 Å². The number of likely N-dealkylation sites (tertiary alicyclic amines) is 1. The zero-order valence-electron chi connectivity index (χ0n) is 17.7. The quantitative estimate of drug-likeness (QED) is 0.601. The van der Waals surface area contributed by atoms with Gasteiger partial charge in [-0.3, -0.25) is 0 Å². The zero-order valence-corrected chi connectivity index (χ0v) is 19.3. The monoisotopic (exact) mass is 467 g/mol. The minimum atomic E-state index is 0.699. The molecule has 2 aliphatic rings. The average molecular weight is 468 g/mol. The lowest BCUT2D eigenvalue weighted by Gasteiger charge is -2.42. The fraction of sp³-hybridized carbons (Fsp3) is 0.480.